The van der Waals surface area contributed by atoms with Crippen LogP contribution in [0.25, 0.3) is 27.6 Å². The summed E-state index contributed by atoms with van der Waals surface area (Å²) in [6.45, 7) is 3.95. The van der Waals surface area contributed by atoms with Gasteiger partial charge in [0.2, 0.25) is 0 Å². The van der Waals surface area contributed by atoms with Crippen LogP contribution in [-0.2, 0) is 0 Å². The number of hydrogen-bond acceptors (Lipinski definition) is 6. The number of ether oxygens (including phenoxy) is 2. The Balaban J connectivity index is 1.33. The summed E-state index contributed by atoms with van der Waals surface area (Å²) in [7, 11) is 3.16. The summed E-state index contributed by atoms with van der Waals surface area (Å²) in [5.41, 5.74) is 5.72. The number of H-pyrrole nitrogens is 1. The van der Waals surface area contributed by atoms with Crippen LogP contribution in [0.3, 0.4) is 0 Å². The zero-order valence-electron chi connectivity index (χ0n) is 22.7. The Morgan fingerprint density at radius 1 is 0.975 bits per heavy atom. The summed E-state index contributed by atoms with van der Waals surface area (Å²) >= 11 is 0. The molecule has 2 aliphatic heterocycles. The molecule has 0 bridgehead atoms. The number of methoxy groups -OCH3 is 2. The first kappa shape index (κ1) is 25.9. The van der Waals surface area contributed by atoms with Crippen molar-refractivity contribution in [3.63, 3.8) is 0 Å². The second kappa shape index (κ2) is 11.0. The highest BCUT2D eigenvalue weighted by molar-refractivity contribution is 6.05. The van der Waals surface area contributed by atoms with Gasteiger partial charge < -0.3 is 29.6 Å². The van der Waals surface area contributed by atoms with E-state index in [0.717, 1.165) is 53.0 Å². The van der Waals surface area contributed by atoms with Gasteiger partial charge in [0.05, 0.1) is 25.9 Å². The SMILES string of the molecule is COc1ccccc1-c1cc(C(=O)N2CCN(c3ncc(F)cc3OC)CC2)cc2cc(C3=CCCNC3)[nH]c12. The Kier molecular flexibility index (Phi) is 7.13. The molecular weight excluding hydrogens is 509 g/mol. The lowest BCUT2D eigenvalue weighted by atomic mass is 9.98. The Labute approximate surface area is 232 Å². The summed E-state index contributed by atoms with van der Waals surface area (Å²) in [5, 5.41) is 4.41. The minimum atomic E-state index is -0.445. The fraction of sp³-hybridized carbons (Fsp3) is 0.290. The minimum absolute atomic E-state index is 0.0296. The Hall–Kier alpha value is -4.37. The quantitative estimate of drug-likeness (QED) is 0.368. The number of nitrogens with one attached hydrogen (secondary N) is 2. The van der Waals surface area contributed by atoms with Crippen molar-refractivity contribution in [2.45, 2.75) is 6.42 Å². The lowest BCUT2D eigenvalue weighted by molar-refractivity contribution is 0.0746. The molecule has 0 unspecified atom stereocenters. The molecule has 0 aliphatic carbocycles. The third-order valence-corrected chi connectivity index (χ3v) is 7.63. The van der Waals surface area contributed by atoms with E-state index < -0.39 is 5.82 Å². The number of amides is 1. The lowest BCUT2D eigenvalue weighted by Gasteiger charge is -2.36. The van der Waals surface area contributed by atoms with Crippen molar-refractivity contribution in [2.75, 3.05) is 58.4 Å². The molecule has 1 saturated heterocycles. The molecule has 1 amide bonds. The Morgan fingerprint density at radius 2 is 1.77 bits per heavy atom. The smallest absolute Gasteiger partial charge is 0.254 e. The second-order valence-electron chi connectivity index (χ2n) is 10.0. The molecule has 4 heterocycles. The highest BCUT2D eigenvalue weighted by Crippen LogP contribution is 2.37. The number of anilines is 1. The van der Waals surface area contributed by atoms with Gasteiger partial charge in [0.1, 0.15) is 11.6 Å². The van der Waals surface area contributed by atoms with Gasteiger partial charge in [-0.15, -0.1) is 0 Å². The number of piperazine rings is 1. The molecule has 0 atom stereocenters. The maximum atomic E-state index is 13.9. The van der Waals surface area contributed by atoms with Gasteiger partial charge in [0.15, 0.2) is 11.6 Å². The first-order chi connectivity index (χ1) is 19.6. The zero-order valence-corrected chi connectivity index (χ0v) is 22.7. The van der Waals surface area contributed by atoms with E-state index in [-0.39, 0.29) is 5.91 Å². The molecule has 0 radical (unpaired) electrons. The van der Waals surface area contributed by atoms with E-state index in [1.165, 1.54) is 24.9 Å². The molecule has 6 rings (SSSR count). The van der Waals surface area contributed by atoms with E-state index in [1.807, 2.05) is 46.2 Å². The maximum absolute atomic E-state index is 13.9. The fourth-order valence-corrected chi connectivity index (χ4v) is 5.57. The predicted molar refractivity (Wildman–Crippen MR) is 155 cm³/mol. The number of nitrogens with zero attached hydrogens (tertiary/aromatic N) is 3. The molecule has 40 heavy (non-hydrogen) atoms. The van der Waals surface area contributed by atoms with E-state index in [2.05, 4.69) is 27.4 Å². The van der Waals surface area contributed by atoms with Gasteiger partial charge in [-0.1, -0.05) is 24.3 Å². The minimum Gasteiger partial charge on any atom is -0.496 e. The van der Waals surface area contributed by atoms with Gasteiger partial charge in [0, 0.05) is 66.6 Å². The van der Waals surface area contributed by atoms with Gasteiger partial charge in [-0.3, -0.25) is 4.79 Å². The number of fused-ring (bicyclic) bond motifs is 1. The molecule has 0 spiro atoms. The number of carbonyl (C=O) groups is 1. The van der Waals surface area contributed by atoms with Crippen LogP contribution < -0.4 is 19.7 Å². The summed E-state index contributed by atoms with van der Waals surface area (Å²) in [6, 6.07) is 15.3. The number of carbonyl (C=O) groups excluding carboxylic acids is 1. The molecule has 8 nitrogen and oxygen atoms in total. The van der Waals surface area contributed by atoms with E-state index in [1.54, 1.807) is 7.11 Å². The third-order valence-electron chi connectivity index (χ3n) is 7.63. The van der Waals surface area contributed by atoms with Crippen LogP contribution in [0.5, 0.6) is 11.5 Å². The van der Waals surface area contributed by atoms with Crippen molar-refractivity contribution in [3.05, 3.63) is 77.9 Å². The van der Waals surface area contributed by atoms with Crippen LogP contribution >= 0.6 is 0 Å². The highest BCUT2D eigenvalue weighted by Gasteiger charge is 2.26. The summed E-state index contributed by atoms with van der Waals surface area (Å²) in [5.74, 6) is 1.25. The van der Waals surface area contributed by atoms with Gasteiger partial charge in [-0.05, 0) is 42.8 Å². The zero-order chi connectivity index (χ0) is 27.6. The van der Waals surface area contributed by atoms with Crippen molar-refractivity contribution < 1.29 is 18.7 Å². The van der Waals surface area contributed by atoms with Crippen molar-refractivity contribution in [1.82, 2.24) is 20.2 Å². The number of hydrogen-bond donors (Lipinski definition) is 2. The van der Waals surface area contributed by atoms with Crippen molar-refractivity contribution in [3.8, 4) is 22.6 Å². The third kappa shape index (κ3) is 4.88. The summed E-state index contributed by atoms with van der Waals surface area (Å²) in [6.07, 6.45) is 4.44. The monoisotopic (exact) mass is 541 g/mol. The van der Waals surface area contributed by atoms with Crippen LogP contribution in [0.1, 0.15) is 22.5 Å². The van der Waals surface area contributed by atoms with Crippen molar-refractivity contribution >= 4 is 28.2 Å². The van der Waals surface area contributed by atoms with E-state index in [4.69, 9.17) is 9.47 Å². The molecule has 2 aromatic carbocycles. The lowest BCUT2D eigenvalue weighted by Crippen LogP contribution is -2.49. The number of aromatic amines is 1. The van der Waals surface area contributed by atoms with Crippen LogP contribution in [0.2, 0.25) is 0 Å². The summed E-state index contributed by atoms with van der Waals surface area (Å²) in [4.78, 5) is 25.6. The topological polar surface area (TPSA) is 82.7 Å². The molecule has 2 aromatic heterocycles. The number of benzene rings is 2. The Morgan fingerprint density at radius 3 is 2.52 bits per heavy atom. The number of pyridine rings is 1. The molecule has 2 aliphatic rings. The van der Waals surface area contributed by atoms with Crippen molar-refractivity contribution in [2.24, 2.45) is 0 Å². The van der Waals surface area contributed by atoms with Gasteiger partial charge >= 0.3 is 0 Å². The molecule has 9 heteroatoms. The highest BCUT2D eigenvalue weighted by atomic mass is 19.1. The predicted octanol–water partition coefficient (Wildman–Crippen LogP) is 4.73. The molecular formula is C31H32FN5O3. The fourth-order valence-electron chi connectivity index (χ4n) is 5.57. The van der Waals surface area contributed by atoms with Gasteiger partial charge in [-0.25, -0.2) is 9.37 Å². The van der Waals surface area contributed by atoms with Crippen LogP contribution in [0, 0.1) is 5.82 Å². The van der Waals surface area contributed by atoms with E-state index in [9.17, 15) is 9.18 Å². The number of para-hydroxylation sites is 1. The first-order valence-corrected chi connectivity index (χ1v) is 13.5. The maximum Gasteiger partial charge on any atom is 0.254 e. The molecule has 0 saturated carbocycles. The molecule has 2 N–H and O–H groups in total. The van der Waals surface area contributed by atoms with Crippen LogP contribution in [-0.4, -0.2) is 74.3 Å². The second-order valence-corrected chi connectivity index (χ2v) is 10.0. The van der Waals surface area contributed by atoms with Crippen LogP contribution in [0.4, 0.5) is 10.2 Å². The normalized spacial score (nSPS) is 15.7. The van der Waals surface area contributed by atoms with E-state index >= 15 is 0 Å². The molecule has 1 fully saturated rings. The first-order valence-electron chi connectivity index (χ1n) is 13.5. The van der Waals surface area contributed by atoms with E-state index in [0.29, 0.717) is 43.3 Å². The average Bonchev–Trinajstić information content (AvgIpc) is 3.45. The molecule has 4 aromatic rings. The van der Waals surface area contributed by atoms with Crippen molar-refractivity contribution in [1.29, 1.82) is 0 Å². The van der Waals surface area contributed by atoms with Gasteiger partial charge in [-0.2, -0.15) is 0 Å². The van der Waals surface area contributed by atoms with Gasteiger partial charge in [0.25, 0.3) is 5.91 Å². The number of halogens is 1. The summed E-state index contributed by atoms with van der Waals surface area (Å²) < 4.78 is 24.7. The average molecular weight is 542 g/mol. The molecule has 206 valence electrons. The standard InChI is InChI=1S/C31H32FN5O3/c1-39-27-8-4-3-7-24(27)25-15-22(14-21-16-26(35-29(21)25)20-6-5-9-33-18-20)31(38)37-12-10-36(11-13-37)30-28(40-2)17-23(32)19-34-30/h3-4,6-8,14-17,19,33,35H,5,9-13,18H2,1-2H3. The number of aromatic nitrogens is 2. The number of rotatable bonds is 6. The largest absolute Gasteiger partial charge is 0.496 e. The Bertz CT molecular complexity index is 1590. The van der Waals surface area contributed by atoms with Crippen LogP contribution in [0.15, 0.2) is 60.8 Å².